The second-order valence-electron chi connectivity index (χ2n) is 8.80. The lowest BCUT2D eigenvalue weighted by Gasteiger charge is -2.43. The van der Waals surface area contributed by atoms with Crippen LogP contribution in [0.25, 0.3) is 0 Å². The molecule has 0 radical (unpaired) electrons. The zero-order chi connectivity index (χ0) is 18.3. The van der Waals surface area contributed by atoms with E-state index in [0.717, 1.165) is 12.8 Å². The van der Waals surface area contributed by atoms with Gasteiger partial charge in [0.1, 0.15) is 6.10 Å². The molecule has 0 aromatic rings. The molecule has 2 saturated carbocycles. The second kappa shape index (κ2) is 6.45. The zero-order valence-electron chi connectivity index (χ0n) is 16.1. The molecule has 0 bridgehead atoms. The summed E-state index contributed by atoms with van der Waals surface area (Å²) in [6.45, 7) is 11.7. The SMILES string of the molecule is C/C=C(\C)C(=O)O[C@@H]1C[C@@]2(C)CC[C@H](C(C)C)[C@@]2(O)CC[C@@]1(C)O. The van der Waals surface area contributed by atoms with E-state index in [9.17, 15) is 15.0 Å². The normalized spacial score (nSPS) is 43.5. The molecule has 4 nitrogen and oxygen atoms in total. The highest BCUT2D eigenvalue weighted by atomic mass is 16.6. The van der Waals surface area contributed by atoms with Gasteiger partial charge < -0.3 is 14.9 Å². The van der Waals surface area contributed by atoms with Crippen molar-refractivity contribution < 1.29 is 19.7 Å². The molecule has 0 aromatic heterocycles. The lowest BCUT2D eigenvalue weighted by Crippen LogP contribution is -2.48. The van der Waals surface area contributed by atoms with Crippen LogP contribution in [-0.4, -0.2) is 33.5 Å². The van der Waals surface area contributed by atoms with Crippen molar-refractivity contribution in [2.45, 2.75) is 91.0 Å². The predicted octanol–water partition coefficient (Wildman–Crippen LogP) is 3.60. The molecule has 2 aliphatic rings. The van der Waals surface area contributed by atoms with E-state index >= 15 is 0 Å². The van der Waals surface area contributed by atoms with Crippen LogP contribution in [0.3, 0.4) is 0 Å². The Hall–Kier alpha value is -0.870. The molecular formula is C20H34O4. The van der Waals surface area contributed by atoms with Gasteiger partial charge in [-0.1, -0.05) is 26.8 Å². The highest BCUT2D eigenvalue weighted by Gasteiger charge is 2.61. The van der Waals surface area contributed by atoms with Crippen molar-refractivity contribution in [3.05, 3.63) is 11.6 Å². The van der Waals surface area contributed by atoms with E-state index in [-0.39, 0.29) is 17.3 Å². The number of aliphatic hydroxyl groups is 2. The van der Waals surface area contributed by atoms with E-state index in [0.29, 0.717) is 30.8 Å². The van der Waals surface area contributed by atoms with Crippen LogP contribution < -0.4 is 0 Å². The lowest BCUT2D eigenvalue weighted by atomic mass is 9.67. The van der Waals surface area contributed by atoms with Crippen molar-refractivity contribution in [2.24, 2.45) is 17.3 Å². The summed E-state index contributed by atoms with van der Waals surface area (Å²) >= 11 is 0. The number of hydrogen-bond acceptors (Lipinski definition) is 4. The van der Waals surface area contributed by atoms with E-state index in [1.165, 1.54) is 0 Å². The maximum absolute atomic E-state index is 12.2. The Bertz CT molecular complexity index is 522. The van der Waals surface area contributed by atoms with E-state index < -0.39 is 17.3 Å². The first-order valence-corrected chi connectivity index (χ1v) is 9.25. The van der Waals surface area contributed by atoms with Crippen molar-refractivity contribution in [2.75, 3.05) is 0 Å². The van der Waals surface area contributed by atoms with Crippen molar-refractivity contribution >= 4 is 5.97 Å². The fraction of sp³-hybridized carbons (Fsp3) is 0.850. The molecule has 0 saturated heterocycles. The summed E-state index contributed by atoms with van der Waals surface area (Å²) in [5.74, 6) is 0.242. The first-order chi connectivity index (χ1) is 11.0. The average Bonchev–Trinajstić information content (AvgIpc) is 2.72. The van der Waals surface area contributed by atoms with Gasteiger partial charge >= 0.3 is 5.97 Å². The van der Waals surface area contributed by atoms with Crippen LogP contribution in [-0.2, 0) is 9.53 Å². The van der Waals surface area contributed by atoms with Gasteiger partial charge in [0.2, 0.25) is 0 Å². The molecule has 24 heavy (non-hydrogen) atoms. The zero-order valence-corrected chi connectivity index (χ0v) is 16.1. The predicted molar refractivity (Wildman–Crippen MR) is 94.4 cm³/mol. The number of ether oxygens (including phenoxy) is 1. The maximum atomic E-state index is 12.2. The van der Waals surface area contributed by atoms with Gasteiger partial charge in [-0.05, 0) is 64.7 Å². The van der Waals surface area contributed by atoms with Gasteiger partial charge in [-0.15, -0.1) is 0 Å². The number of fused-ring (bicyclic) bond motifs is 1. The van der Waals surface area contributed by atoms with Gasteiger partial charge in [-0.2, -0.15) is 0 Å². The molecule has 0 aliphatic heterocycles. The van der Waals surface area contributed by atoms with Gasteiger partial charge in [-0.25, -0.2) is 4.79 Å². The Morgan fingerprint density at radius 3 is 2.38 bits per heavy atom. The molecule has 0 aromatic carbocycles. The summed E-state index contributed by atoms with van der Waals surface area (Å²) in [6, 6.07) is 0. The van der Waals surface area contributed by atoms with Crippen LogP contribution in [0.15, 0.2) is 11.6 Å². The molecule has 0 heterocycles. The second-order valence-corrected chi connectivity index (χ2v) is 8.80. The molecule has 4 heteroatoms. The molecule has 0 spiro atoms. The molecule has 2 rings (SSSR count). The summed E-state index contributed by atoms with van der Waals surface area (Å²) in [6.07, 6.45) is 4.51. The monoisotopic (exact) mass is 338 g/mol. The molecule has 0 amide bonds. The molecule has 138 valence electrons. The van der Waals surface area contributed by atoms with Crippen molar-refractivity contribution in [1.82, 2.24) is 0 Å². The highest BCUT2D eigenvalue weighted by Crippen LogP contribution is 2.59. The van der Waals surface area contributed by atoms with Crippen LogP contribution in [0.2, 0.25) is 0 Å². The van der Waals surface area contributed by atoms with Crippen LogP contribution in [0.1, 0.15) is 73.6 Å². The third kappa shape index (κ3) is 3.15. The van der Waals surface area contributed by atoms with Crippen LogP contribution >= 0.6 is 0 Å². The fourth-order valence-electron chi connectivity index (χ4n) is 4.77. The molecule has 2 aliphatic carbocycles. The first-order valence-electron chi connectivity index (χ1n) is 9.25. The Labute approximate surface area is 146 Å². The van der Waals surface area contributed by atoms with Crippen LogP contribution in [0, 0.1) is 17.3 Å². The number of rotatable bonds is 3. The third-order valence-corrected chi connectivity index (χ3v) is 6.82. The van der Waals surface area contributed by atoms with Gasteiger partial charge in [-0.3, -0.25) is 0 Å². The molecule has 2 fully saturated rings. The minimum Gasteiger partial charge on any atom is -0.456 e. The van der Waals surface area contributed by atoms with Crippen molar-refractivity contribution in [3.63, 3.8) is 0 Å². The minimum absolute atomic E-state index is 0.227. The first kappa shape index (κ1) is 19.5. The molecule has 2 N–H and O–H groups in total. The highest BCUT2D eigenvalue weighted by molar-refractivity contribution is 5.87. The summed E-state index contributed by atoms with van der Waals surface area (Å²) in [7, 11) is 0. The quantitative estimate of drug-likeness (QED) is 0.609. The summed E-state index contributed by atoms with van der Waals surface area (Å²) in [4.78, 5) is 12.2. The fourth-order valence-corrected chi connectivity index (χ4v) is 4.77. The van der Waals surface area contributed by atoms with Gasteiger partial charge in [0.05, 0.1) is 11.2 Å². The summed E-state index contributed by atoms with van der Waals surface area (Å²) < 4.78 is 5.69. The molecule has 5 atom stereocenters. The average molecular weight is 338 g/mol. The van der Waals surface area contributed by atoms with E-state index in [4.69, 9.17) is 4.74 Å². The van der Waals surface area contributed by atoms with Crippen molar-refractivity contribution in [3.8, 4) is 0 Å². The lowest BCUT2D eigenvalue weighted by molar-refractivity contribution is -0.163. The minimum atomic E-state index is -1.12. The topological polar surface area (TPSA) is 66.8 Å². The van der Waals surface area contributed by atoms with Crippen LogP contribution in [0.4, 0.5) is 0 Å². The van der Waals surface area contributed by atoms with Gasteiger partial charge in [0.25, 0.3) is 0 Å². The summed E-state index contributed by atoms with van der Waals surface area (Å²) in [5.41, 5.74) is -1.71. The third-order valence-electron chi connectivity index (χ3n) is 6.82. The molecule has 0 unspecified atom stereocenters. The number of allylic oxidation sites excluding steroid dienone is 1. The Kier molecular flexibility index (Phi) is 5.23. The van der Waals surface area contributed by atoms with Gasteiger partial charge in [0, 0.05) is 11.0 Å². The van der Waals surface area contributed by atoms with E-state index in [1.54, 1.807) is 26.8 Å². The number of carbonyl (C=O) groups excluding carboxylic acids is 1. The standard InChI is InChI=1S/C20H34O4/c1-7-14(4)17(21)24-16-12-18(5)9-8-15(13(2)3)20(18,23)11-10-19(16,6)22/h7,13,15-16,22-23H,8-12H2,1-6H3/b14-7+/t15-,16-,18-,19-,20+/m1/s1. The summed E-state index contributed by atoms with van der Waals surface area (Å²) in [5, 5.41) is 22.5. The molecular weight excluding hydrogens is 304 g/mol. The maximum Gasteiger partial charge on any atom is 0.333 e. The van der Waals surface area contributed by atoms with Gasteiger partial charge in [0.15, 0.2) is 0 Å². The van der Waals surface area contributed by atoms with Crippen LogP contribution in [0.5, 0.6) is 0 Å². The van der Waals surface area contributed by atoms with E-state index in [1.807, 2.05) is 0 Å². The Balaban J connectivity index is 2.32. The largest absolute Gasteiger partial charge is 0.456 e. The van der Waals surface area contributed by atoms with Crippen molar-refractivity contribution in [1.29, 1.82) is 0 Å². The van der Waals surface area contributed by atoms with E-state index in [2.05, 4.69) is 20.8 Å². The smallest absolute Gasteiger partial charge is 0.333 e. The Morgan fingerprint density at radius 1 is 1.21 bits per heavy atom. The number of esters is 1. The Morgan fingerprint density at radius 2 is 1.83 bits per heavy atom. The number of carbonyl (C=O) groups is 1. The number of hydrogen-bond donors (Lipinski definition) is 2.